The van der Waals surface area contributed by atoms with Gasteiger partial charge in [-0.25, -0.2) is 9.97 Å². The zero-order chi connectivity index (χ0) is 14.5. The van der Waals surface area contributed by atoms with Crippen LogP contribution in [-0.4, -0.2) is 28.4 Å². The molecule has 0 fully saturated rings. The minimum atomic E-state index is -0.0581. The van der Waals surface area contributed by atoms with Gasteiger partial charge < -0.3 is 14.8 Å². The van der Waals surface area contributed by atoms with Crippen molar-refractivity contribution in [3.8, 4) is 11.5 Å². The number of anilines is 1. The van der Waals surface area contributed by atoms with Crippen LogP contribution in [-0.2, 0) is 4.79 Å². The number of benzene rings is 1. The number of thioether (sulfide) groups is 1. The van der Waals surface area contributed by atoms with Crippen LogP contribution >= 0.6 is 11.8 Å². The molecule has 3 rings (SSSR count). The van der Waals surface area contributed by atoms with E-state index in [0.717, 1.165) is 0 Å². The lowest BCUT2D eigenvalue weighted by molar-refractivity contribution is -0.115. The quantitative estimate of drug-likeness (QED) is 0.675. The third kappa shape index (κ3) is 3.63. The number of carbonyl (C=O) groups excluding carboxylic acids is 1. The van der Waals surface area contributed by atoms with Crippen molar-refractivity contribution >= 4 is 23.4 Å². The first-order chi connectivity index (χ1) is 10.3. The van der Waals surface area contributed by atoms with Gasteiger partial charge in [0.2, 0.25) is 12.7 Å². The molecule has 0 bridgehead atoms. The van der Waals surface area contributed by atoms with Crippen molar-refractivity contribution in [2.24, 2.45) is 0 Å². The molecule has 1 aliphatic rings. The Morgan fingerprint density at radius 2 is 2.05 bits per heavy atom. The molecule has 1 N–H and O–H groups in total. The third-order valence-electron chi connectivity index (χ3n) is 2.76. The molecule has 0 spiro atoms. The number of amides is 1. The van der Waals surface area contributed by atoms with Gasteiger partial charge in [0.25, 0.3) is 0 Å². The lowest BCUT2D eigenvalue weighted by Crippen LogP contribution is -2.12. The molecule has 0 atom stereocenters. The predicted molar refractivity (Wildman–Crippen MR) is 78.6 cm³/mol. The number of nitrogens with zero attached hydrogens (tertiary/aromatic N) is 2. The summed E-state index contributed by atoms with van der Waals surface area (Å²) in [6.07, 6.45) is 3.75. The SMILES string of the molecule is O=C(CCSc1ncccn1)Nc1ccc2c(c1)OCO2. The first-order valence-electron chi connectivity index (χ1n) is 6.40. The topological polar surface area (TPSA) is 73.3 Å². The van der Waals surface area contributed by atoms with Crippen molar-refractivity contribution < 1.29 is 14.3 Å². The number of ether oxygens (including phenoxy) is 2. The number of hydrogen-bond acceptors (Lipinski definition) is 6. The van der Waals surface area contributed by atoms with E-state index >= 15 is 0 Å². The highest BCUT2D eigenvalue weighted by atomic mass is 32.2. The van der Waals surface area contributed by atoms with Crippen LogP contribution in [0.5, 0.6) is 11.5 Å². The number of rotatable bonds is 5. The lowest BCUT2D eigenvalue weighted by atomic mass is 10.2. The Hall–Kier alpha value is -2.28. The molecular formula is C14H13N3O3S. The summed E-state index contributed by atoms with van der Waals surface area (Å²) >= 11 is 1.45. The second-order valence-electron chi connectivity index (χ2n) is 4.25. The van der Waals surface area contributed by atoms with E-state index < -0.39 is 0 Å². The number of aromatic nitrogens is 2. The van der Waals surface area contributed by atoms with Gasteiger partial charge in [-0.2, -0.15) is 0 Å². The van der Waals surface area contributed by atoms with E-state index in [-0.39, 0.29) is 12.7 Å². The molecule has 1 aliphatic heterocycles. The zero-order valence-electron chi connectivity index (χ0n) is 11.1. The Morgan fingerprint density at radius 1 is 1.24 bits per heavy atom. The van der Waals surface area contributed by atoms with Crippen LogP contribution in [0, 0.1) is 0 Å². The predicted octanol–water partition coefficient (Wildman–Crippen LogP) is 2.33. The monoisotopic (exact) mass is 303 g/mol. The van der Waals surface area contributed by atoms with Crippen LogP contribution < -0.4 is 14.8 Å². The minimum absolute atomic E-state index is 0.0581. The number of carbonyl (C=O) groups is 1. The van der Waals surface area contributed by atoms with Gasteiger partial charge in [0, 0.05) is 36.3 Å². The maximum Gasteiger partial charge on any atom is 0.231 e. The number of hydrogen-bond donors (Lipinski definition) is 1. The Morgan fingerprint density at radius 3 is 2.90 bits per heavy atom. The van der Waals surface area contributed by atoms with Crippen LogP contribution in [0.1, 0.15) is 6.42 Å². The highest BCUT2D eigenvalue weighted by molar-refractivity contribution is 7.99. The van der Waals surface area contributed by atoms with Crippen molar-refractivity contribution in [2.75, 3.05) is 17.9 Å². The average molecular weight is 303 g/mol. The molecule has 0 saturated carbocycles. The van der Waals surface area contributed by atoms with Crippen molar-refractivity contribution in [1.82, 2.24) is 9.97 Å². The van der Waals surface area contributed by atoms with E-state index in [0.29, 0.717) is 34.5 Å². The van der Waals surface area contributed by atoms with Crippen molar-refractivity contribution in [2.45, 2.75) is 11.6 Å². The van der Waals surface area contributed by atoms with Gasteiger partial charge in [-0.1, -0.05) is 11.8 Å². The van der Waals surface area contributed by atoms with E-state index in [9.17, 15) is 4.79 Å². The second kappa shape index (κ2) is 6.45. The Balaban J connectivity index is 1.48. The van der Waals surface area contributed by atoms with E-state index in [1.807, 2.05) is 0 Å². The normalized spacial score (nSPS) is 12.2. The van der Waals surface area contributed by atoms with Gasteiger partial charge in [0.1, 0.15) is 0 Å². The third-order valence-corrected chi connectivity index (χ3v) is 3.64. The van der Waals surface area contributed by atoms with Crippen LogP contribution in [0.25, 0.3) is 0 Å². The van der Waals surface area contributed by atoms with Crippen molar-refractivity contribution in [3.05, 3.63) is 36.7 Å². The van der Waals surface area contributed by atoms with Crippen LogP contribution in [0.15, 0.2) is 41.8 Å². The van der Waals surface area contributed by atoms with E-state index in [4.69, 9.17) is 9.47 Å². The van der Waals surface area contributed by atoms with Gasteiger partial charge in [-0.3, -0.25) is 4.79 Å². The first-order valence-corrected chi connectivity index (χ1v) is 7.39. The lowest BCUT2D eigenvalue weighted by Gasteiger charge is -2.05. The molecule has 2 aromatic rings. The summed E-state index contributed by atoms with van der Waals surface area (Å²) in [5.41, 5.74) is 0.699. The molecule has 0 aliphatic carbocycles. The summed E-state index contributed by atoms with van der Waals surface area (Å²) in [5.74, 6) is 1.92. The summed E-state index contributed by atoms with van der Waals surface area (Å²) in [7, 11) is 0. The molecule has 0 unspecified atom stereocenters. The molecule has 6 nitrogen and oxygen atoms in total. The molecule has 0 radical (unpaired) electrons. The van der Waals surface area contributed by atoms with Crippen molar-refractivity contribution in [1.29, 1.82) is 0 Å². The molecule has 108 valence electrons. The van der Waals surface area contributed by atoms with Crippen LogP contribution in [0.4, 0.5) is 5.69 Å². The summed E-state index contributed by atoms with van der Waals surface area (Å²) in [6, 6.07) is 7.09. The van der Waals surface area contributed by atoms with Gasteiger partial charge in [-0.05, 0) is 18.2 Å². The summed E-state index contributed by atoms with van der Waals surface area (Å²) < 4.78 is 10.5. The fraction of sp³-hybridized carbons (Fsp3) is 0.214. The fourth-order valence-corrected chi connectivity index (χ4v) is 2.53. The largest absolute Gasteiger partial charge is 0.454 e. The Bertz CT molecular complexity index is 637. The molecule has 1 aromatic heterocycles. The van der Waals surface area contributed by atoms with Gasteiger partial charge in [0.05, 0.1) is 0 Å². The molecule has 1 amide bonds. The zero-order valence-corrected chi connectivity index (χ0v) is 11.9. The molecule has 7 heteroatoms. The molecule has 2 heterocycles. The highest BCUT2D eigenvalue weighted by Gasteiger charge is 2.14. The summed E-state index contributed by atoms with van der Waals surface area (Å²) in [5, 5.41) is 3.50. The standard InChI is InChI=1S/C14H13N3O3S/c18-13(4-7-21-14-15-5-1-6-16-14)17-10-2-3-11-12(8-10)20-9-19-11/h1-3,5-6,8H,4,7,9H2,(H,17,18). The first kappa shape index (κ1) is 13.7. The van der Waals surface area contributed by atoms with Gasteiger partial charge in [-0.15, -0.1) is 0 Å². The van der Waals surface area contributed by atoms with Gasteiger partial charge >= 0.3 is 0 Å². The Labute approximate surface area is 125 Å². The van der Waals surface area contributed by atoms with E-state index in [1.165, 1.54) is 11.8 Å². The molecule has 0 saturated heterocycles. The maximum atomic E-state index is 11.9. The number of nitrogens with one attached hydrogen (secondary N) is 1. The van der Waals surface area contributed by atoms with Crippen LogP contribution in [0.3, 0.4) is 0 Å². The maximum absolute atomic E-state index is 11.9. The fourth-order valence-electron chi connectivity index (χ4n) is 1.79. The Kier molecular flexibility index (Phi) is 4.20. The highest BCUT2D eigenvalue weighted by Crippen LogP contribution is 2.34. The number of fused-ring (bicyclic) bond motifs is 1. The summed E-state index contributed by atoms with van der Waals surface area (Å²) in [4.78, 5) is 20.0. The minimum Gasteiger partial charge on any atom is -0.454 e. The van der Waals surface area contributed by atoms with Crippen LogP contribution in [0.2, 0.25) is 0 Å². The van der Waals surface area contributed by atoms with Gasteiger partial charge in [0.15, 0.2) is 16.7 Å². The molecule has 21 heavy (non-hydrogen) atoms. The summed E-state index contributed by atoms with van der Waals surface area (Å²) in [6.45, 7) is 0.223. The molecule has 1 aromatic carbocycles. The van der Waals surface area contributed by atoms with E-state index in [2.05, 4.69) is 15.3 Å². The van der Waals surface area contributed by atoms with Crippen molar-refractivity contribution in [3.63, 3.8) is 0 Å². The van der Waals surface area contributed by atoms with E-state index in [1.54, 1.807) is 36.7 Å². The average Bonchev–Trinajstić information content (AvgIpc) is 2.96. The molecular weight excluding hydrogens is 290 g/mol. The second-order valence-corrected chi connectivity index (χ2v) is 5.31. The smallest absolute Gasteiger partial charge is 0.231 e.